The minimum Gasteiger partial charge on any atom is -0.356 e. The Morgan fingerprint density at radius 2 is 1.96 bits per heavy atom. The lowest BCUT2D eigenvalue weighted by molar-refractivity contribution is -0.127. The summed E-state index contributed by atoms with van der Waals surface area (Å²) in [7, 11) is 0. The van der Waals surface area contributed by atoms with Crippen molar-refractivity contribution in [1.82, 2.24) is 10.2 Å². The number of amides is 2. The highest BCUT2D eigenvalue weighted by Gasteiger charge is 2.29. The van der Waals surface area contributed by atoms with Gasteiger partial charge in [0.2, 0.25) is 11.8 Å². The summed E-state index contributed by atoms with van der Waals surface area (Å²) in [5.41, 5.74) is 0.515. The zero-order valence-electron chi connectivity index (χ0n) is 15.4. The highest BCUT2D eigenvalue weighted by atomic mass is 35.5. The van der Waals surface area contributed by atoms with Crippen molar-refractivity contribution in [2.45, 2.75) is 45.6 Å². The van der Waals surface area contributed by atoms with Gasteiger partial charge in [0, 0.05) is 17.5 Å². The molecule has 1 saturated heterocycles. The molecule has 1 heterocycles. The molecule has 1 aromatic carbocycles. The lowest BCUT2D eigenvalue weighted by atomic mass is 9.95. The molecule has 26 heavy (non-hydrogen) atoms. The second-order valence-corrected chi connectivity index (χ2v) is 7.59. The van der Waals surface area contributed by atoms with Crippen LogP contribution in [0, 0.1) is 5.92 Å². The number of unbranched alkanes of at least 4 members (excludes halogenated alkanes) is 1. The zero-order valence-corrected chi connectivity index (χ0v) is 16.9. The summed E-state index contributed by atoms with van der Waals surface area (Å²) in [4.78, 5) is 26.8. The number of halogens is 2. The number of rotatable bonds is 7. The quantitative estimate of drug-likeness (QED) is 0.682. The first-order valence-corrected chi connectivity index (χ1v) is 9.95. The van der Waals surface area contributed by atoms with Crippen molar-refractivity contribution in [2.75, 3.05) is 25.0 Å². The molecule has 0 bridgehead atoms. The van der Waals surface area contributed by atoms with Crippen LogP contribution in [-0.4, -0.2) is 42.4 Å². The van der Waals surface area contributed by atoms with Crippen LogP contribution in [0.25, 0.3) is 0 Å². The van der Waals surface area contributed by atoms with E-state index in [1.54, 1.807) is 18.2 Å². The molecule has 0 spiro atoms. The molecule has 2 amide bonds. The van der Waals surface area contributed by atoms with E-state index >= 15 is 0 Å². The van der Waals surface area contributed by atoms with Crippen molar-refractivity contribution < 1.29 is 9.59 Å². The van der Waals surface area contributed by atoms with Gasteiger partial charge >= 0.3 is 0 Å². The number of carbonyl (C=O) groups is 2. The molecule has 1 aliphatic heterocycles. The topological polar surface area (TPSA) is 61.4 Å². The van der Waals surface area contributed by atoms with E-state index in [1.807, 2.05) is 6.92 Å². The second-order valence-electron chi connectivity index (χ2n) is 6.74. The smallest absolute Gasteiger partial charge is 0.241 e. The maximum Gasteiger partial charge on any atom is 0.241 e. The number of hydrogen-bond acceptors (Lipinski definition) is 3. The first-order chi connectivity index (χ1) is 12.4. The van der Waals surface area contributed by atoms with Gasteiger partial charge in [0.1, 0.15) is 0 Å². The van der Waals surface area contributed by atoms with Crippen LogP contribution in [0.1, 0.15) is 39.5 Å². The average Bonchev–Trinajstić information content (AvgIpc) is 2.64. The summed E-state index contributed by atoms with van der Waals surface area (Å²) < 4.78 is 0. The van der Waals surface area contributed by atoms with Gasteiger partial charge in [-0.25, -0.2) is 0 Å². The van der Waals surface area contributed by atoms with E-state index in [1.165, 1.54) is 0 Å². The van der Waals surface area contributed by atoms with E-state index in [-0.39, 0.29) is 23.8 Å². The summed E-state index contributed by atoms with van der Waals surface area (Å²) in [6.07, 6.45) is 3.62. The first kappa shape index (κ1) is 21.0. The minimum absolute atomic E-state index is 0.0424. The monoisotopic (exact) mass is 399 g/mol. The summed E-state index contributed by atoms with van der Waals surface area (Å²) in [5, 5.41) is 6.82. The SMILES string of the molecule is CCCCNC(=O)C1CCN([C@H](C)C(=O)Nc2cc(Cl)ccc2Cl)CC1. The van der Waals surface area contributed by atoms with Gasteiger partial charge in [0.25, 0.3) is 0 Å². The fraction of sp³-hybridized carbons (Fsp3) is 0.579. The Kier molecular flexibility index (Phi) is 8.19. The third-order valence-corrected chi connectivity index (χ3v) is 5.41. The number of hydrogen-bond donors (Lipinski definition) is 2. The van der Waals surface area contributed by atoms with Crippen molar-refractivity contribution in [3.63, 3.8) is 0 Å². The number of nitrogens with one attached hydrogen (secondary N) is 2. The number of carbonyl (C=O) groups excluding carboxylic acids is 2. The Labute approximate surface area is 165 Å². The van der Waals surface area contributed by atoms with Gasteiger partial charge in [0.15, 0.2) is 0 Å². The summed E-state index contributed by atoms with van der Waals surface area (Å²) in [5.74, 6) is 0.0571. The third-order valence-electron chi connectivity index (χ3n) is 4.84. The predicted molar refractivity (Wildman–Crippen MR) is 107 cm³/mol. The highest BCUT2D eigenvalue weighted by molar-refractivity contribution is 6.35. The van der Waals surface area contributed by atoms with E-state index in [0.29, 0.717) is 15.7 Å². The molecule has 0 saturated carbocycles. The van der Waals surface area contributed by atoms with E-state index in [9.17, 15) is 9.59 Å². The van der Waals surface area contributed by atoms with Crippen LogP contribution in [0.2, 0.25) is 10.0 Å². The van der Waals surface area contributed by atoms with Crippen LogP contribution < -0.4 is 10.6 Å². The van der Waals surface area contributed by atoms with Gasteiger partial charge in [-0.15, -0.1) is 0 Å². The normalized spacial score (nSPS) is 16.9. The van der Waals surface area contributed by atoms with Crippen LogP contribution in [-0.2, 0) is 9.59 Å². The Bertz CT molecular complexity index is 631. The van der Waals surface area contributed by atoms with Crippen molar-refractivity contribution in [3.05, 3.63) is 28.2 Å². The Hall–Kier alpha value is -1.30. The van der Waals surface area contributed by atoms with E-state index in [4.69, 9.17) is 23.2 Å². The average molecular weight is 400 g/mol. The van der Waals surface area contributed by atoms with Crippen LogP contribution in [0.4, 0.5) is 5.69 Å². The Balaban J connectivity index is 1.83. The molecule has 144 valence electrons. The molecule has 1 aliphatic rings. The Morgan fingerprint density at radius 3 is 2.62 bits per heavy atom. The summed E-state index contributed by atoms with van der Waals surface area (Å²) in [6.45, 7) is 6.17. The first-order valence-electron chi connectivity index (χ1n) is 9.20. The van der Waals surface area contributed by atoms with E-state index in [2.05, 4.69) is 22.5 Å². The molecule has 0 radical (unpaired) electrons. The summed E-state index contributed by atoms with van der Waals surface area (Å²) in [6, 6.07) is 4.68. The molecule has 1 atom stereocenters. The number of piperidine rings is 1. The fourth-order valence-corrected chi connectivity index (χ4v) is 3.41. The molecule has 5 nitrogen and oxygen atoms in total. The fourth-order valence-electron chi connectivity index (χ4n) is 3.08. The largest absolute Gasteiger partial charge is 0.356 e. The number of likely N-dealkylation sites (tertiary alicyclic amines) is 1. The summed E-state index contributed by atoms with van der Waals surface area (Å²) >= 11 is 12.1. The van der Waals surface area contributed by atoms with Gasteiger partial charge in [-0.3, -0.25) is 14.5 Å². The van der Waals surface area contributed by atoms with Crippen molar-refractivity contribution >= 4 is 40.7 Å². The van der Waals surface area contributed by atoms with Gasteiger partial charge in [0.05, 0.1) is 16.8 Å². The molecule has 1 aromatic rings. The van der Waals surface area contributed by atoms with Gasteiger partial charge < -0.3 is 10.6 Å². The molecule has 0 aliphatic carbocycles. The van der Waals surface area contributed by atoms with Crippen molar-refractivity contribution in [3.8, 4) is 0 Å². The Morgan fingerprint density at radius 1 is 1.27 bits per heavy atom. The minimum atomic E-state index is -0.297. The predicted octanol–water partition coefficient (Wildman–Crippen LogP) is 3.95. The lowest BCUT2D eigenvalue weighted by Crippen LogP contribution is -2.48. The standard InChI is InChI=1S/C19H27Cl2N3O2/c1-3-4-9-22-19(26)14-7-10-24(11-8-14)13(2)18(25)23-17-12-15(20)5-6-16(17)21/h5-6,12-14H,3-4,7-11H2,1-2H3,(H,22,26)(H,23,25)/t13-/m1/s1. The van der Waals surface area contributed by atoms with Gasteiger partial charge in [-0.2, -0.15) is 0 Å². The van der Waals surface area contributed by atoms with Crippen LogP contribution in [0.5, 0.6) is 0 Å². The van der Waals surface area contributed by atoms with Crippen molar-refractivity contribution in [1.29, 1.82) is 0 Å². The van der Waals surface area contributed by atoms with Gasteiger partial charge in [-0.05, 0) is 57.5 Å². The maximum atomic E-state index is 12.5. The molecule has 2 rings (SSSR count). The van der Waals surface area contributed by atoms with Crippen LogP contribution in [0.15, 0.2) is 18.2 Å². The molecule has 1 fully saturated rings. The molecule has 7 heteroatoms. The van der Waals surface area contributed by atoms with E-state index in [0.717, 1.165) is 45.3 Å². The lowest BCUT2D eigenvalue weighted by Gasteiger charge is -2.34. The zero-order chi connectivity index (χ0) is 19.1. The van der Waals surface area contributed by atoms with Crippen LogP contribution in [0.3, 0.4) is 0 Å². The number of benzene rings is 1. The van der Waals surface area contributed by atoms with Crippen LogP contribution >= 0.6 is 23.2 Å². The number of anilines is 1. The number of nitrogens with zero attached hydrogens (tertiary/aromatic N) is 1. The highest BCUT2D eigenvalue weighted by Crippen LogP contribution is 2.26. The second kappa shape index (κ2) is 10.1. The third kappa shape index (κ3) is 5.86. The molecular weight excluding hydrogens is 373 g/mol. The van der Waals surface area contributed by atoms with Gasteiger partial charge in [-0.1, -0.05) is 36.5 Å². The molecular formula is C19H27Cl2N3O2. The molecule has 0 unspecified atom stereocenters. The maximum absolute atomic E-state index is 12.5. The molecule has 2 N–H and O–H groups in total. The van der Waals surface area contributed by atoms with Crippen molar-refractivity contribution in [2.24, 2.45) is 5.92 Å². The molecule has 0 aromatic heterocycles. The van der Waals surface area contributed by atoms with E-state index < -0.39 is 0 Å².